The molecular weight excluding hydrogens is 519 g/mol. The lowest BCUT2D eigenvalue weighted by molar-refractivity contribution is -0.384. The first kappa shape index (κ1) is 29.9. The number of hydrogen-bond acceptors (Lipinski definition) is 4. The molecule has 0 fully saturated rings. The predicted molar refractivity (Wildman–Crippen MR) is 162 cm³/mol. The maximum Gasteiger partial charge on any atom is 0.270 e. The van der Waals surface area contributed by atoms with E-state index in [0.717, 1.165) is 54.7 Å². The van der Waals surface area contributed by atoms with E-state index < -0.39 is 10.8 Å². The SMILES string of the molecule is CCN(CC)CCCC(C)NC(=O)CC(c1ccc(F)cc1)c1cn(Cc2ccccc2)c2ccc([N+](=O)[O-])cc12. The summed E-state index contributed by atoms with van der Waals surface area (Å²) in [4.78, 5) is 27.0. The monoisotopic (exact) mass is 558 g/mol. The summed E-state index contributed by atoms with van der Waals surface area (Å²) in [6, 6.07) is 21.0. The maximum absolute atomic E-state index is 13.9. The molecule has 0 saturated carbocycles. The van der Waals surface area contributed by atoms with Gasteiger partial charge in [0.2, 0.25) is 5.91 Å². The number of hydrogen-bond donors (Lipinski definition) is 1. The first-order valence-corrected chi connectivity index (χ1v) is 14.4. The number of nitrogens with one attached hydrogen (secondary N) is 1. The van der Waals surface area contributed by atoms with E-state index in [9.17, 15) is 19.3 Å². The molecule has 1 aromatic heterocycles. The van der Waals surface area contributed by atoms with E-state index in [4.69, 9.17) is 0 Å². The normalized spacial score (nSPS) is 12.9. The number of nitro benzene ring substituents is 1. The summed E-state index contributed by atoms with van der Waals surface area (Å²) >= 11 is 0. The largest absolute Gasteiger partial charge is 0.354 e. The number of halogens is 1. The molecule has 41 heavy (non-hydrogen) atoms. The molecule has 2 unspecified atom stereocenters. The fourth-order valence-electron chi connectivity index (χ4n) is 5.47. The van der Waals surface area contributed by atoms with Crippen molar-refractivity contribution in [3.05, 3.63) is 112 Å². The Balaban J connectivity index is 1.66. The van der Waals surface area contributed by atoms with Gasteiger partial charge in [-0.25, -0.2) is 4.39 Å². The van der Waals surface area contributed by atoms with Crippen LogP contribution < -0.4 is 5.32 Å². The van der Waals surface area contributed by atoms with E-state index in [1.807, 2.05) is 43.5 Å². The van der Waals surface area contributed by atoms with Gasteiger partial charge in [-0.2, -0.15) is 0 Å². The molecule has 0 spiro atoms. The molecule has 0 aliphatic heterocycles. The second kappa shape index (κ2) is 14.0. The van der Waals surface area contributed by atoms with E-state index in [1.165, 1.54) is 18.2 Å². The van der Waals surface area contributed by atoms with Gasteiger partial charge in [0.25, 0.3) is 5.69 Å². The molecule has 8 heteroatoms. The number of amides is 1. The highest BCUT2D eigenvalue weighted by atomic mass is 19.1. The van der Waals surface area contributed by atoms with Gasteiger partial charge in [0.05, 0.1) is 4.92 Å². The van der Waals surface area contributed by atoms with Gasteiger partial charge >= 0.3 is 0 Å². The molecular formula is C33H39FN4O3. The standard InChI is InChI=1S/C33H39FN4O3/c1-4-36(5-2)19-9-10-24(3)35-33(39)21-29(26-13-15-27(34)16-14-26)31-23-37(22-25-11-7-6-8-12-25)32-18-17-28(38(40)41)20-30(31)32/h6-8,11-18,20,23-24,29H,4-5,9-10,19,21-22H2,1-3H3,(H,35,39). The lowest BCUT2D eigenvalue weighted by Crippen LogP contribution is -2.34. The Morgan fingerprint density at radius 3 is 2.41 bits per heavy atom. The minimum absolute atomic E-state index is 0.00689. The van der Waals surface area contributed by atoms with Crippen molar-refractivity contribution in [3.63, 3.8) is 0 Å². The summed E-state index contributed by atoms with van der Waals surface area (Å²) in [5.41, 5.74) is 3.49. The lowest BCUT2D eigenvalue weighted by Gasteiger charge is -2.21. The summed E-state index contributed by atoms with van der Waals surface area (Å²) in [5.74, 6) is -0.884. The zero-order chi connectivity index (χ0) is 29.4. The Morgan fingerprint density at radius 1 is 1.05 bits per heavy atom. The van der Waals surface area contributed by atoms with Crippen molar-refractivity contribution < 1.29 is 14.1 Å². The molecule has 216 valence electrons. The topological polar surface area (TPSA) is 80.4 Å². The summed E-state index contributed by atoms with van der Waals surface area (Å²) in [6.45, 7) is 9.89. The van der Waals surface area contributed by atoms with Crippen LogP contribution in [0.1, 0.15) is 62.6 Å². The Labute approximate surface area is 241 Å². The van der Waals surface area contributed by atoms with Gasteiger partial charge in [-0.1, -0.05) is 56.3 Å². The minimum Gasteiger partial charge on any atom is -0.354 e. The number of carbonyl (C=O) groups is 1. The molecule has 0 aliphatic rings. The van der Waals surface area contributed by atoms with Crippen LogP contribution in [-0.4, -0.2) is 46.0 Å². The molecule has 4 aromatic rings. The van der Waals surface area contributed by atoms with Crippen molar-refractivity contribution in [1.82, 2.24) is 14.8 Å². The average Bonchev–Trinajstić information content (AvgIpc) is 3.32. The van der Waals surface area contributed by atoms with Gasteiger partial charge in [-0.05, 0) is 74.3 Å². The van der Waals surface area contributed by atoms with Crippen molar-refractivity contribution in [2.75, 3.05) is 19.6 Å². The van der Waals surface area contributed by atoms with Crippen molar-refractivity contribution in [2.24, 2.45) is 0 Å². The number of non-ortho nitro benzene ring substituents is 1. The van der Waals surface area contributed by atoms with E-state index in [1.54, 1.807) is 24.3 Å². The zero-order valence-electron chi connectivity index (χ0n) is 24.1. The number of fused-ring (bicyclic) bond motifs is 1. The predicted octanol–water partition coefficient (Wildman–Crippen LogP) is 6.89. The summed E-state index contributed by atoms with van der Waals surface area (Å²) in [5, 5.41) is 15.5. The molecule has 1 amide bonds. The number of nitrogens with zero attached hydrogens (tertiary/aromatic N) is 3. The van der Waals surface area contributed by atoms with Crippen molar-refractivity contribution in [3.8, 4) is 0 Å². The van der Waals surface area contributed by atoms with Gasteiger partial charge < -0.3 is 14.8 Å². The molecule has 0 aliphatic carbocycles. The number of carbonyl (C=O) groups excluding carboxylic acids is 1. The molecule has 0 radical (unpaired) electrons. The van der Waals surface area contributed by atoms with Crippen molar-refractivity contribution >= 4 is 22.5 Å². The number of aromatic nitrogens is 1. The fraction of sp³-hybridized carbons (Fsp3) is 0.364. The number of benzene rings is 3. The third-order valence-corrected chi connectivity index (χ3v) is 7.75. The Bertz CT molecular complexity index is 1450. The van der Waals surface area contributed by atoms with Crippen LogP contribution in [0.4, 0.5) is 10.1 Å². The first-order chi connectivity index (χ1) is 19.8. The van der Waals surface area contributed by atoms with Gasteiger partial charge in [0.15, 0.2) is 0 Å². The molecule has 7 nitrogen and oxygen atoms in total. The fourth-order valence-corrected chi connectivity index (χ4v) is 5.47. The van der Waals surface area contributed by atoms with Gasteiger partial charge in [0.1, 0.15) is 5.82 Å². The maximum atomic E-state index is 13.9. The van der Waals surface area contributed by atoms with Crippen molar-refractivity contribution in [1.29, 1.82) is 0 Å². The first-order valence-electron chi connectivity index (χ1n) is 14.4. The van der Waals surface area contributed by atoms with E-state index in [2.05, 4.69) is 28.6 Å². The van der Waals surface area contributed by atoms with E-state index >= 15 is 0 Å². The molecule has 1 N–H and O–H groups in total. The zero-order valence-corrected chi connectivity index (χ0v) is 24.1. The Hall–Kier alpha value is -4.04. The lowest BCUT2D eigenvalue weighted by atomic mass is 9.87. The summed E-state index contributed by atoms with van der Waals surface area (Å²) in [7, 11) is 0. The van der Waals surface area contributed by atoms with E-state index in [-0.39, 0.29) is 29.9 Å². The smallest absolute Gasteiger partial charge is 0.270 e. The van der Waals surface area contributed by atoms with Crippen LogP contribution in [-0.2, 0) is 11.3 Å². The van der Waals surface area contributed by atoms with Crippen LogP contribution in [0.3, 0.4) is 0 Å². The van der Waals surface area contributed by atoms with Crippen LogP contribution in [0.5, 0.6) is 0 Å². The second-order valence-electron chi connectivity index (χ2n) is 10.6. The third-order valence-electron chi connectivity index (χ3n) is 7.75. The van der Waals surface area contributed by atoms with Crippen LogP contribution in [0, 0.1) is 15.9 Å². The van der Waals surface area contributed by atoms with Crippen LogP contribution in [0.2, 0.25) is 0 Å². The molecule has 0 bridgehead atoms. The molecule has 0 saturated heterocycles. The van der Waals surface area contributed by atoms with Crippen LogP contribution >= 0.6 is 0 Å². The number of rotatable bonds is 14. The highest BCUT2D eigenvalue weighted by Gasteiger charge is 2.25. The van der Waals surface area contributed by atoms with Crippen LogP contribution in [0.15, 0.2) is 79.0 Å². The highest BCUT2D eigenvalue weighted by molar-refractivity contribution is 5.88. The molecule has 2 atom stereocenters. The van der Waals surface area contributed by atoms with Gasteiger partial charge in [0, 0.05) is 54.2 Å². The second-order valence-corrected chi connectivity index (χ2v) is 10.6. The molecule has 3 aromatic carbocycles. The number of nitro groups is 1. The van der Waals surface area contributed by atoms with E-state index in [0.29, 0.717) is 11.9 Å². The Morgan fingerprint density at radius 2 is 1.76 bits per heavy atom. The average molecular weight is 559 g/mol. The quantitative estimate of drug-likeness (QED) is 0.135. The highest BCUT2D eigenvalue weighted by Crippen LogP contribution is 2.37. The van der Waals surface area contributed by atoms with Crippen molar-refractivity contribution in [2.45, 2.75) is 58.5 Å². The summed E-state index contributed by atoms with van der Waals surface area (Å²) < 4.78 is 16.0. The van der Waals surface area contributed by atoms with Gasteiger partial charge in [-0.3, -0.25) is 14.9 Å². The Kier molecular flexibility index (Phi) is 10.2. The third kappa shape index (κ3) is 7.79. The van der Waals surface area contributed by atoms with Gasteiger partial charge in [-0.15, -0.1) is 0 Å². The molecule has 1 heterocycles. The molecule has 4 rings (SSSR count). The minimum atomic E-state index is -0.417. The summed E-state index contributed by atoms with van der Waals surface area (Å²) in [6.07, 6.45) is 3.97. The van der Waals surface area contributed by atoms with Crippen LogP contribution in [0.25, 0.3) is 10.9 Å².